The number of hydrogen-bond donors (Lipinski definition) is 0. The number of carbonyl (C=O) groups is 1. The molecule has 0 spiro atoms. The van der Waals surface area contributed by atoms with E-state index < -0.39 is 0 Å². The maximum absolute atomic E-state index is 10.7. The summed E-state index contributed by atoms with van der Waals surface area (Å²) in [6.07, 6.45) is 0.747. The molecule has 0 aliphatic heterocycles. The van der Waals surface area contributed by atoms with E-state index >= 15 is 0 Å². The highest BCUT2D eigenvalue weighted by molar-refractivity contribution is 9.13. The largest absolute Gasteiger partial charge is 0.493 e. The molecule has 0 aliphatic rings. The zero-order chi connectivity index (χ0) is 12.7. The summed E-state index contributed by atoms with van der Waals surface area (Å²) in [5.74, 6) is 1.08. The van der Waals surface area contributed by atoms with Crippen molar-refractivity contribution in [3.05, 3.63) is 20.6 Å². The zero-order valence-corrected chi connectivity index (χ0v) is 12.8. The maximum Gasteiger partial charge on any atom is 0.176 e. The van der Waals surface area contributed by atoms with Crippen LogP contribution in [0.2, 0.25) is 0 Å². The molecule has 5 heteroatoms. The molecule has 16 heavy (non-hydrogen) atoms. The Morgan fingerprint density at radius 1 is 1.12 bits per heavy atom. The van der Waals surface area contributed by atoms with Crippen molar-refractivity contribution in [3.8, 4) is 11.5 Å². The Kier molecular flexibility index (Phi) is 7.42. The van der Waals surface area contributed by atoms with Crippen LogP contribution in [0, 0.1) is 0 Å². The van der Waals surface area contributed by atoms with Gasteiger partial charge in [-0.05, 0) is 37.9 Å². The van der Waals surface area contributed by atoms with Crippen molar-refractivity contribution in [1.82, 2.24) is 0 Å². The standard InChI is InChI=1S/C9H8Br2O3.C2H6/c1-13-6-3-5(4-12)7(10)8(11)9(6)14-2;1-2/h3-4H,1-2H3;1-2H3. The van der Waals surface area contributed by atoms with E-state index in [1.807, 2.05) is 13.8 Å². The molecule has 0 heterocycles. The summed E-state index contributed by atoms with van der Waals surface area (Å²) in [4.78, 5) is 10.7. The Labute approximate surface area is 112 Å². The number of hydrogen-bond acceptors (Lipinski definition) is 3. The first-order chi connectivity index (χ1) is 7.65. The van der Waals surface area contributed by atoms with Crippen LogP contribution in [-0.2, 0) is 0 Å². The molecule has 0 N–H and O–H groups in total. The Morgan fingerprint density at radius 2 is 1.69 bits per heavy atom. The highest BCUT2D eigenvalue weighted by Crippen LogP contribution is 2.41. The number of carbonyl (C=O) groups excluding carboxylic acids is 1. The molecule has 0 atom stereocenters. The molecular formula is C11H14Br2O3. The van der Waals surface area contributed by atoms with Gasteiger partial charge in [-0.1, -0.05) is 13.8 Å². The first-order valence-electron chi connectivity index (χ1n) is 4.70. The van der Waals surface area contributed by atoms with Crippen LogP contribution >= 0.6 is 31.9 Å². The normalized spacial score (nSPS) is 8.88. The lowest BCUT2D eigenvalue weighted by molar-refractivity contribution is 0.112. The van der Waals surface area contributed by atoms with Crippen LogP contribution in [0.3, 0.4) is 0 Å². The molecule has 0 fully saturated rings. The van der Waals surface area contributed by atoms with Gasteiger partial charge in [0.05, 0.1) is 18.7 Å². The van der Waals surface area contributed by atoms with Crippen LogP contribution in [0.25, 0.3) is 0 Å². The summed E-state index contributed by atoms with van der Waals surface area (Å²) in [5.41, 5.74) is 0.509. The van der Waals surface area contributed by atoms with Crippen LogP contribution in [-0.4, -0.2) is 20.5 Å². The van der Waals surface area contributed by atoms with Gasteiger partial charge in [0.25, 0.3) is 0 Å². The van der Waals surface area contributed by atoms with Crippen LogP contribution < -0.4 is 9.47 Å². The van der Waals surface area contributed by atoms with E-state index in [0.29, 0.717) is 26.0 Å². The Morgan fingerprint density at radius 3 is 2.06 bits per heavy atom. The van der Waals surface area contributed by atoms with Crippen molar-refractivity contribution in [2.45, 2.75) is 13.8 Å². The molecule has 0 radical (unpaired) electrons. The molecule has 1 aromatic rings. The van der Waals surface area contributed by atoms with Crippen molar-refractivity contribution in [2.75, 3.05) is 14.2 Å². The van der Waals surface area contributed by atoms with Crippen LogP contribution in [0.15, 0.2) is 15.0 Å². The number of ether oxygens (including phenoxy) is 2. The van der Waals surface area contributed by atoms with Gasteiger partial charge in [0, 0.05) is 10.0 Å². The summed E-state index contributed by atoms with van der Waals surface area (Å²) in [7, 11) is 3.06. The zero-order valence-electron chi connectivity index (χ0n) is 9.64. The minimum atomic E-state index is 0.509. The Bertz CT molecular complexity index is 365. The molecule has 0 bridgehead atoms. The van der Waals surface area contributed by atoms with E-state index in [-0.39, 0.29) is 0 Å². The molecule has 1 rings (SSSR count). The van der Waals surface area contributed by atoms with Gasteiger partial charge in [-0.3, -0.25) is 4.79 Å². The van der Waals surface area contributed by atoms with Crippen molar-refractivity contribution >= 4 is 38.1 Å². The summed E-state index contributed by atoms with van der Waals surface area (Å²) < 4.78 is 11.5. The van der Waals surface area contributed by atoms with Crippen molar-refractivity contribution < 1.29 is 14.3 Å². The minimum absolute atomic E-state index is 0.509. The van der Waals surface area contributed by atoms with Gasteiger partial charge in [-0.2, -0.15) is 0 Å². The summed E-state index contributed by atoms with van der Waals surface area (Å²) in [6, 6.07) is 1.61. The highest BCUT2D eigenvalue weighted by atomic mass is 79.9. The molecule has 0 saturated carbocycles. The smallest absolute Gasteiger partial charge is 0.176 e. The van der Waals surface area contributed by atoms with Crippen LogP contribution in [0.4, 0.5) is 0 Å². The van der Waals surface area contributed by atoms with Gasteiger partial charge in [0.15, 0.2) is 17.8 Å². The maximum atomic E-state index is 10.7. The van der Waals surface area contributed by atoms with Gasteiger partial charge in [0.1, 0.15) is 0 Å². The quantitative estimate of drug-likeness (QED) is 0.768. The Balaban J connectivity index is 0.00000106. The average molecular weight is 354 g/mol. The lowest BCUT2D eigenvalue weighted by Crippen LogP contribution is -1.95. The third kappa shape index (κ3) is 3.22. The second kappa shape index (κ2) is 7.68. The third-order valence-corrected chi connectivity index (χ3v) is 3.85. The molecule has 0 amide bonds. The third-order valence-electron chi connectivity index (χ3n) is 1.71. The lowest BCUT2D eigenvalue weighted by atomic mass is 10.2. The van der Waals surface area contributed by atoms with Gasteiger partial charge in [-0.15, -0.1) is 0 Å². The molecule has 0 saturated heterocycles. The molecule has 0 unspecified atom stereocenters. The molecule has 0 aromatic heterocycles. The van der Waals surface area contributed by atoms with Gasteiger partial charge in [-0.25, -0.2) is 0 Å². The highest BCUT2D eigenvalue weighted by Gasteiger charge is 2.15. The van der Waals surface area contributed by atoms with Gasteiger partial charge < -0.3 is 9.47 Å². The molecule has 0 aliphatic carbocycles. The monoisotopic (exact) mass is 352 g/mol. The topological polar surface area (TPSA) is 35.5 Å². The van der Waals surface area contributed by atoms with E-state index in [1.165, 1.54) is 14.2 Å². The minimum Gasteiger partial charge on any atom is -0.493 e. The van der Waals surface area contributed by atoms with E-state index in [1.54, 1.807) is 6.07 Å². The number of rotatable bonds is 3. The molecule has 1 aromatic carbocycles. The van der Waals surface area contributed by atoms with Gasteiger partial charge in [0.2, 0.25) is 0 Å². The summed E-state index contributed by atoms with van der Waals surface area (Å²) in [5, 5.41) is 0. The van der Waals surface area contributed by atoms with Crippen LogP contribution in [0.5, 0.6) is 11.5 Å². The number of methoxy groups -OCH3 is 2. The Hall–Kier alpha value is -0.550. The predicted octanol–water partition coefficient (Wildman–Crippen LogP) is 4.07. The fourth-order valence-corrected chi connectivity index (χ4v) is 2.01. The summed E-state index contributed by atoms with van der Waals surface area (Å²) in [6.45, 7) is 4.00. The van der Waals surface area contributed by atoms with E-state index in [4.69, 9.17) is 9.47 Å². The number of halogens is 2. The molecule has 90 valence electrons. The molecule has 3 nitrogen and oxygen atoms in total. The fraction of sp³-hybridized carbons (Fsp3) is 0.364. The second-order valence-corrected chi connectivity index (χ2v) is 4.03. The molecular weight excluding hydrogens is 340 g/mol. The second-order valence-electron chi connectivity index (χ2n) is 2.45. The van der Waals surface area contributed by atoms with Crippen molar-refractivity contribution in [1.29, 1.82) is 0 Å². The lowest BCUT2D eigenvalue weighted by Gasteiger charge is -2.11. The van der Waals surface area contributed by atoms with E-state index in [9.17, 15) is 4.79 Å². The fourth-order valence-electron chi connectivity index (χ4n) is 1.03. The van der Waals surface area contributed by atoms with E-state index in [0.717, 1.165) is 6.29 Å². The first kappa shape index (κ1) is 15.4. The van der Waals surface area contributed by atoms with Crippen LogP contribution in [0.1, 0.15) is 24.2 Å². The SMILES string of the molecule is CC.COc1cc(C=O)c(Br)c(Br)c1OC. The van der Waals surface area contributed by atoms with Crippen molar-refractivity contribution in [2.24, 2.45) is 0 Å². The van der Waals surface area contributed by atoms with Gasteiger partial charge >= 0.3 is 0 Å². The summed E-state index contributed by atoms with van der Waals surface area (Å²) >= 11 is 6.59. The number of aldehydes is 1. The van der Waals surface area contributed by atoms with Crippen molar-refractivity contribution in [3.63, 3.8) is 0 Å². The first-order valence-corrected chi connectivity index (χ1v) is 6.29. The van der Waals surface area contributed by atoms with E-state index in [2.05, 4.69) is 31.9 Å². The average Bonchev–Trinajstić information content (AvgIpc) is 2.34. The predicted molar refractivity (Wildman–Crippen MR) is 71.7 cm³/mol. The number of benzene rings is 1.